The van der Waals surface area contributed by atoms with Crippen molar-refractivity contribution in [3.63, 3.8) is 0 Å². The second-order valence-corrected chi connectivity index (χ2v) is 14.2. The van der Waals surface area contributed by atoms with Gasteiger partial charge in [0.25, 0.3) is 0 Å². The molecule has 2 saturated heterocycles. The number of allylic oxidation sites excluding steroid dienone is 3. The molecule has 3 aromatic carbocycles. The van der Waals surface area contributed by atoms with E-state index in [-0.39, 0.29) is 23.6 Å². The molecule has 268 valence electrons. The Morgan fingerprint density at radius 3 is 2.17 bits per heavy atom. The predicted octanol–water partition coefficient (Wildman–Crippen LogP) is 6.66. The van der Waals surface area contributed by atoms with E-state index in [0.717, 1.165) is 59.0 Å². The van der Waals surface area contributed by atoms with Gasteiger partial charge in [0.1, 0.15) is 18.1 Å². The predicted molar refractivity (Wildman–Crippen MR) is 204 cm³/mol. The molecule has 1 aromatic heterocycles. The van der Waals surface area contributed by atoms with Crippen molar-refractivity contribution in [2.45, 2.75) is 63.1 Å². The van der Waals surface area contributed by atoms with E-state index in [0.29, 0.717) is 43.7 Å². The first-order chi connectivity index (χ1) is 25.2. The average Bonchev–Trinajstić information content (AvgIpc) is 3.93. The highest BCUT2D eigenvalue weighted by Gasteiger charge is 2.38. The second-order valence-electron chi connectivity index (χ2n) is 14.2. The zero-order valence-corrected chi connectivity index (χ0v) is 29.8. The fourth-order valence-electron chi connectivity index (χ4n) is 7.72. The first-order valence-corrected chi connectivity index (χ1v) is 18.3. The van der Waals surface area contributed by atoms with Crippen LogP contribution in [0.5, 0.6) is 0 Å². The minimum Gasteiger partial charge on any atom is -0.355 e. The Hall–Kier alpha value is -5.48. The zero-order valence-electron chi connectivity index (χ0n) is 29.8. The molecule has 1 aliphatic carbocycles. The number of carbonyl (C=O) groups excluding carboxylic acids is 4. The number of carbonyl (C=O) groups is 4. The van der Waals surface area contributed by atoms with Crippen molar-refractivity contribution in [2.24, 2.45) is 0 Å². The number of nitrogens with one attached hydrogen (secondary N) is 3. The number of anilines is 2. The van der Waals surface area contributed by atoms with E-state index in [1.54, 1.807) is 9.80 Å². The molecule has 10 heteroatoms. The summed E-state index contributed by atoms with van der Waals surface area (Å²) in [7, 11) is 3.77. The summed E-state index contributed by atoms with van der Waals surface area (Å²) in [5.74, 6) is -0.416. The molecule has 3 heterocycles. The van der Waals surface area contributed by atoms with Gasteiger partial charge in [0.2, 0.25) is 23.6 Å². The van der Waals surface area contributed by atoms with E-state index in [1.807, 2.05) is 104 Å². The van der Waals surface area contributed by atoms with Gasteiger partial charge in [-0.1, -0.05) is 60.7 Å². The number of H-pyrrole nitrogens is 1. The lowest BCUT2D eigenvalue weighted by molar-refractivity contribution is -0.140. The van der Waals surface area contributed by atoms with Crippen LogP contribution in [0.2, 0.25) is 0 Å². The third kappa shape index (κ3) is 7.57. The van der Waals surface area contributed by atoms with Crippen LogP contribution in [0.3, 0.4) is 0 Å². The first-order valence-electron chi connectivity index (χ1n) is 18.3. The quantitative estimate of drug-likeness (QED) is 0.171. The number of hydrogen-bond donors (Lipinski definition) is 3. The SMILES string of the molecule is CN(C)[C@@H](C(=O)N1CCC[C@H]1C(=O)Nc1ccc2[nH]c(-c3ccc(NC(=O)[C@@H]4CCCN4C(=O)CC4=CCCC=C4)cc3)cc2c1)c1ccccc1. The van der Waals surface area contributed by atoms with Crippen molar-refractivity contribution in [3.8, 4) is 11.3 Å². The molecule has 2 fully saturated rings. The van der Waals surface area contributed by atoms with Crippen molar-refractivity contribution in [3.05, 3.63) is 108 Å². The van der Waals surface area contributed by atoms with Gasteiger partial charge in [-0.05, 0) is 106 Å². The number of nitrogens with zero attached hydrogens (tertiary/aromatic N) is 3. The van der Waals surface area contributed by atoms with E-state index in [1.165, 1.54) is 0 Å². The highest BCUT2D eigenvalue weighted by Crippen LogP contribution is 2.30. The lowest BCUT2D eigenvalue weighted by Gasteiger charge is -2.31. The Kier molecular flexibility index (Phi) is 10.4. The van der Waals surface area contributed by atoms with Crippen LogP contribution < -0.4 is 10.6 Å². The smallest absolute Gasteiger partial charge is 0.247 e. The number of rotatable bonds is 10. The number of aromatic nitrogens is 1. The number of benzene rings is 3. The van der Waals surface area contributed by atoms with Crippen LogP contribution in [0.4, 0.5) is 11.4 Å². The van der Waals surface area contributed by atoms with Gasteiger partial charge in [-0.25, -0.2) is 0 Å². The maximum atomic E-state index is 13.8. The summed E-state index contributed by atoms with van der Waals surface area (Å²) in [4.78, 5) is 62.4. The molecule has 4 aromatic rings. The van der Waals surface area contributed by atoms with Gasteiger partial charge in [0.15, 0.2) is 0 Å². The number of likely N-dealkylation sites (tertiary alicyclic amines) is 2. The molecule has 0 bridgehead atoms. The highest BCUT2D eigenvalue weighted by atomic mass is 16.2. The van der Waals surface area contributed by atoms with Gasteiger partial charge in [-0.2, -0.15) is 0 Å². The Morgan fingerprint density at radius 1 is 0.808 bits per heavy atom. The average molecular weight is 699 g/mol. The molecule has 3 aliphatic rings. The van der Waals surface area contributed by atoms with E-state index >= 15 is 0 Å². The summed E-state index contributed by atoms with van der Waals surface area (Å²) in [6.07, 6.45) is 11.4. The molecule has 0 spiro atoms. The van der Waals surface area contributed by atoms with Crippen molar-refractivity contribution < 1.29 is 19.2 Å². The number of aromatic amines is 1. The van der Waals surface area contributed by atoms with Gasteiger partial charge in [-0.3, -0.25) is 24.1 Å². The summed E-state index contributed by atoms with van der Waals surface area (Å²) < 4.78 is 0. The first kappa shape index (κ1) is 34.9. The van der Waals surface area contributed by atoms with Gasteiger partial charge in [0.05, 0.1) is 6.42 Å². The van der Waals surface area contributed by atoms with Gasteiger partial charge in [-0.15, -0.1) is 0 Å². The van der Waals surface area contributed by atoms with E-state index in [2.05, 4.69) is 27.8 Å². The van der Waals surface area contributed by atoms with Gasteiger partial charge in [0, 0.05) is 41.1 Å². The largest absolute Gasteiger partial charge is 0.355 e. The van der Waals surface area contributed by atoms with Crippen LogP contribution in [0, 0.1) is 0 Å². The van der Waals surface area contributed by atoms with Crippen LogP contribution in [-0.2, 0) is 19.2 Å². The monoisotopic (exact) mass is 698 g/mol. The lowest BCUT2D eigenvalue weighted by atomic mass is 10.0. The van der Waals surface area contributed by atoms with E-state index in [4.69, 9.17) is 0 Å². The Bertz CT molecular complexity index is 2010. The van der Waals surface area contributed by atoms with Gasteiger partial charge >= 0.3 is 0 Å². The Morgan fingerprint density at radius 2 is 1.48 bits per heavy atom. The van der Waals surface area contributed by atoms with Crippen molar-refractivity contribution in [2.75, 3.05) is 37.8 Å². The van der Waals surface area contributed by atoms with E-state index in [9.17, 15) is 19.2 Å². The molecule has 10 nitrogen and oxygen atoms in total. The second kappa shape index (κ2) is 15.4. The molecule has 7 rings (SSSR count). The topological polar surface area (TPSA) is 118 Å². The zero-order chi connectivity index (χ0) is 36.2. The van der Waals surface area contributed by atoms with Crippen LogP contribution >= 0.6 is 0 Å². The Labute approximate surface area is 304 Å². The van der Waals surface area contributed by atoms with Crippen LogP contribution in [0.25, 0.3) is 22.2 Å². The number of hydrogen-bond acceptors (Lipinski definition) is 5. The van der Waals surface area contributed by atoms with Crippen molar-refractivity contribution in [1.29, 1.82) is 0 Å². The molecule has 0 radical (unpaired) electrons. The minimum atomic E-state index is -0.538. The highest BCUT2D eigenvalue weighted by molar-refractivity contribution is 6.00. The number of fused-ring (bicyclic) bond motifs is 1. The van der Waals surface area contributed by atoms with Gasteiger partial charge < -0.3 is 25.4 Å². The van der Waals surface area contributed by atoms with Crippen molar-refractivity contribution >= 4 is 45.9 Å². The third-order valence-electron chi connectivity index (χ3n) is 10.4. The summed E-state index contributed by atoms with van der Waals surface area (Å²) in [6.45, 7) is 1.15. The molecule has 3 N–H and O–H groups in total. The molecular weight excluding hydrogens is 652 g/mol. The molecule has 0 saturated carbocycles. The molecule has 3 atom stereocenters. The minimum absolute atomic E-state index is 0.0000697. The summed E-state index contributed by atoms with van der Waals surface area (Å²) >= 11 is 0. The molecule has 52 heavy (non-hydrogen) atoms. The Balaban J connectivity index is 0.979. The summed E-state index contributed by atoms with van der Waals surface area (Å²) in [5, 5.41) is 7.02. The van der Waals surface area contributed by atoms with Crippen LogP contribution in [-0.4, -0.2) is 82.6 Å². The summed E-state index contributed by atoms with van der Waals surface area (Å²) in [6, 6.07) is 23.6. The molecule has 2 aliphatic heterocycles. The van der Waals surface area contributed by atoms with Crippen molar-refractivity contribution in [1.82, 2.24) is 19.7 Å². The van der Waals surface area contributed by atoms with Crippen LogP contribution in [0.15, 0.2) is 103 Å². The normalized spacial score (nSPS) is 19.2. The standard InChI is InChI=1S/C42H46N6O4/c1-46(2)39(30-13-7-4-8-14-30)42(52)48-24-10-16-37(48)41(51)44-33-21-22-34-31(26-33)27-35(45-34)29-17-19-32(20-18-29)43-40(50)36-15-9-23-47(36)38(49)25-28-11-5-3-6-12-28/h4-5,7-8,11-14,17-22,26-27,36-37,39,45H,3,6,9-10,15-16,23-25H2,1-2H3,(H,43,50)(H,44,51)/t36-,37-,39+/m0/s1. The number of amides is 4. The van der Waals surface area contributed by atoms with Crippen LogP contribution in [0.1, 0.15) is 56.6 Å². The lowest BCUT2D eigenvalue weighted by Crippen LogP contribution is -2.47. The van der Waals surface area contributed by atoms with E-state index < -0.39 is 18.1 Å². The molecule has 0 unspecified atom stereocenters. The summed E-state index contributed by atoms with van der Waals surface area (Å²) in [5.41, 5.74) is 6.04. The molecular formula is C42H46N6O4. The number of likely N-dealkylation sites (N-methyl/N-ethyl adjacent to an activating group) is 1. The fraction of sp³-hybridized carbons (Fsp3) is 0.333. The third-order valence-corrected chi connectivity index (χ3v) is 10.4. The fourth-order valence-corrected chi connectivity index (χ4v) is 7.72. The molecule has 4 amide bonds. The maximum absolute atomic E-state index is 13.8. The maximum Gasteiger partial charge on any atom is 0.247 e.